The Morgan fingerprint density at radius 3 is 1.73 bits per heavy atom. The van der Waals surface area contributed by atoms with Gasteiger partial charge >= 0.3 is 0 Å². The van der Waals surface area contributed by atoms with Crippen molar-refractivity contribution < 1.29 is 4.79 Å². The number of likely N-dealkylation sites (N-methyl/N-ethyl adjacent to an activating group) is 1. The van der Waals surface area contributed by atoms with Crippen LogP contribution in [0.4, 0.5) is 0 Å². The molecule has 0 aromatic rings. The normalized spacial score (nSPS) is 11.9. The molecular formula is C13H25NO. The Morgan fingerprint density at radius 2 is 1.53 bits per heavy atom. The van der Waals surface area contributed by atoms with Gasteiger partial charge in [-0.3, -0.25) is 9.69 Å². The van der Waals surface area contributed by atoms with Crippen molar-refractivity contribution in [3.05, 3.63) is 12.2 Å². The minimum Gasteiger partial charge on any atom is -0.292 e. The molecule has 0 N–H and O–H groups in total. The molecule has 0 amide bonds. The van der Waals surface area contributed by atoms with Gasteiger partial charge in [0.05, 0.1) is 5.54 Å². The van der Waals surface area contributed by atoms with Crippen molar-refractivity contribution in [2.75, 3.05) is 13.1 Å². The van der Waals surface area contributed by atoms with Gasteiger partial charge < -0.3 is 0 Å². The van der Waals surface area contributed by atoms with Crippen LogP contribution in [0.25, 0.3) is 0 Å². The number of carbonyl (C=O) groups excluding carboxylic acids is 1. The quantitative estimate of drug-likeness (QED) is 0.603. The number of rotatable bonds is 7. The van der Waals surface area contributed by atoms with E-state index in [0.29, 0.717) is 5.57 Å². The summed E-state index contributed by atoms with van der Waals surface area (Å²) < 4.78 is 0. The SMILES string of the molecule is C=C(C)C(=O)C(CC)(CC)N(CC)CC. The van der Waals surface area contributed by atoms with Gasteiger partial charge in [0.2, 0.25) is 0 Å². The van der Waals surface area contributed by atoms with Gasteiger partial charge in [0.25, 0.3) is 0 Å². The van der Waals surface area contributed by atoms with Crippen LogP contribution in [0.15, 0.2) is 12.2 Å². The number of hydrogen-bond donors (Lipinski definition) is 0. The predicted molar refractivity (Wildman–Crippen MR) is 66.1 cm³/mol. The average Bonchev–Trinajstić information content (AvgIpc) is 2.25. The van der Waals surface area contributed by atoms with E-state index in [1.165, 1.54) is 0 Å². The van der Waals surface area contributed by atoms with Crippen molar-refractivity contribution in [1.29, 1.82) is 0 Å². The van der Waals surface area contributed by atoms with E-state index in [1.807, 2.05) is 6.92 Å². The van der Waals surface area contributed by atoms with Crippen LogP contribution < -0.4 is 0 Å². The summed E-state index contributed by atoms with van der Waals surface area (Å²) in [4.78, 5) is 14.5. The lowest BCUT2D eigenvalue weighted by molar-refractivity contribution is -0.128. The van der Waals surface area contributed by atoms with Gasteiger partial charge in [-0.2, -0.15) is 0 Å². The predicted octanol–water partition coefficient (Wildman–Crippen LogP) is 3.03. The van der Waals surface area contributed by atoms with Crippen molar-refractivity contribution in [3.63, 3.8) is 0 Å². The van der Waals surface area contributed by atoms with Crippen LogP contribution in [0.1, 0.15) is 47.5 Å². The van der Waals surface area contributed by atoms with Crippen LogP contribution in [-0.2, 0) is 4.79 Å². The Morgan fingerprint density at radius 1 is 1.13 bits per heavy atom. The third-order valence-corrected chi connectivity index (χ3v) is 3.35. The third kappa shape index (κ3) is 2.69. The topological polar surface area (TPSA) is 20.3 Å². The summed E-state index contributed by atoms with van der Waals surface area (Å²) in [5.74, 6) is 0.205. The van der Waals surface area contributed by atoms with Crippen molar-refractivity contribution in [2.45, 2.75) is 53.0 Å². The maximum absolute atomic E-state index is 12.2. The van der Waals surface area contributed by atoms with Crippen molar-refractivity contribution in [2.24, 2.45) is 0 Å². The first kappa shape index (κ1) is 14.4. The van der Waals surface area contributed by atoms with E-state index < -0.39 is 0 Å². The second-order valence-electron chi connectivity index (χ2n) is 4.02. The first-order valence-corrected chi connectivity index (χ1v) is 5.95. The highest BCUT2D eigenvalue weighted by Crippen LogP contribution is 2.27. The Kier molecular flexibility index (Phi) is 5.81. The molecular weight excluding hydrogens is 186 g/mol. The van der Waals surface area contributed by atoms with E-state index in [-0.39, 0.29) is 11.3 Å². The molecule has 0 rings (SSSR count). The summed E-state index contributed by atoms with van der Waals surface area (Å²) in [6.45, 7) is 15.8. The van der Waals surface area contributed by atoms with Gasteiger partial charge in [-0.25, -0.2) is 0 Å². The van der Waals surface area contributed by atoms with E-state index in [0.717, 1.165) is 25.9 Å². The first-order valence-electron chi connectivity index (χ1n) is 5.95. The standard InChI is InChI=1S/C13H25NO/c1-7-13(8-2,12(15)11(5)6)14(9-3)10-4/h5,7-10H2,1-4,6H3. The van der Waals surface area contributed by atoms with Gasteiger partial charge in [0, 0.05) is 0 Å². The van der Waals surface area contributed by atoms with E-state index in [4.69, 9.17) is 0 Å². The number of nitrogens with zero attached hydrogens (tertiary/aromatic N) is 1. The van der Waals surface area contributed by atoms with Crippen molar-refractivity contribution in [3.8, 4) is 0 Å². The smallest absolute Gasteiger partial charge is 0.178 e. The molecule has 15 heavy (non-hydrogen) atoms. The van der Waals surface area contributed by atoms with Crippen LogP contribution >= 0.6 is 0 Å². The van der Waals surface area contributed by atoms with Crippen LogP contribution in [0.3, 0.4) is 0 Å². The largest absolute Gasteiger partial charge is 0.292 e. The van der Waals surface area contributed by atoms with Crippen molar-refractivity contribution >= 4 is 5.78 Å². The monoisotopic (exact) mass is 211 g/mol. The zero-order valence-corrected chi connectivity index (χ0v) is 10.9. The Hall–Kier alpha value is -0.630. The fraction of sp³-hybridized carbons (Fsp3) is 0.769. The molecule has 2 nitrogen and oxygen atoms in total. The zero-order chi connectivity index (χ0) is 12.1. The summed E-state index contributed by atoms with van der Waals surface area (Å²) in [6.07, 6.45) is 1.72. The van der Waals surface area contributed by atoms with Gasteiger partial charge in [-0.1, -0.05) is 34.3 Å². The highest BCUT2D eigenvalue weighted by molar-refractivity contribution is 6.01. The number of ketones is 1. The highest BCUT2D eigenvalue weighted by Gasteiger charge is 2.39. The van der Waals surface area contributed by atoms with E-state index >= 15 is 0 Å². The molecule has 0 aliphatic rings. The van der Waals surface area contributed by atoms with E-state index in [1.54, 1.807) is 0 Å². The summed E-state index contributed by atoms with van der Waals surface area (Å²) in [7, 11) is 0. The highest BCUT2D eigenvalue weighted by atomic mass is 16.1. The van der Waals surface area contributed by atoms with Crippen molar-refractivity contribution in [1.82, 2.24) is 4.90 Å². The molecule has 0 saturated carbocycles. The molecule has 0 bridgehead atoms. The second kappa shape index (κ2) is 6.06. The molecule has 0 radical (unpaired) electrons. The molecule has 0 fully saturated rings. The molecule has 0 aromatic heterocycles. The minimum absolute atomic E-state index is 0.205. The molecule has 0 heterocycles. The molecule has 88 valence electrons. The van der Waals surface area contributed by atoms with E-state index in [9.17, 15) is 4.79 Å². The maximum atomic E-state index is 12.2. The van der Waals surface area contributed by atoms with E-state index in [2.05, 4.69) is 39.2 Å². The van der Waals surface area contributed by atoms with Gasteiger partial charge in [-0.05, 0) is 38.4 Å². The number of carbonyl (C=O) groups is 1. The molecule has 0 atom stereocenters. The molecule has 0 unspecified atom stereocenters. The van der Waals surface area contributed by atoms with Crippen LogP contribution in [-0.4, -0.2) is 29.3 Å². The number of hydrogen-bond acceptors (Lipinski definition) is 2. The maximum Gasteiger partial charge on any atom is 0.178 e. The average molecular weight is 211 g/mol. The van der Waals surface area contributed by atoms with Gasteiger partial charge in [0.1, 0.15) is 0 Å². The van der Waals surface area contributed by atoms with Gasteiger partial charge in [0.15, 0.2) is 5.78 Å². The lowest BCUT2D eigenvalue weighted by Crippen LogP contribution is -2.54. The van der Waals surface area contributed by atoms with Crippen LogP contribution in [0.2, 0.25) is 0 Å². The lowest BCUT2D eigenvalue weighted by atomic mass is 9.83. The Labute approximate surface area is 94.4 Å². The fourth-order valence-corrected chi connectivity index (χ4v) is 2.39. The van der Waals surface area contributed by atoms with Crippen LogP contribution in [0, 0.1) is 0 Å². The summed E-state index contributed by atoms with van der Waals surface area (Å²) >= 11 is 0. The zero-order valence-electron chi connectivity index (χ0n) is 10.9. The molecule has 0 saturated heterocycles. The summed E-state index contributed by atoms with van der Waals surface area (Å²) in [6, 6.07) is 0. The minimum atomic E-state index is -0.324. The van der Waals surface area contributed by atoms with Crippen LogP contribution in [0.5, 0.6) is 0 Å². The molecule has 0 aromatic carbocycles. The third-order valence-electron chi connectivity index (χ3n) is 3.35. The first-order chi connectivity index (χ1) is 6.99. The summed E-state index contributed by atoms with van der Waals surface area (Å²) in [5.41, 5.74) is 0.348. The summed E-state index contributed by atoms with van der Waals surface area (Å²) in [5, 5.41) is 0. The molecule has 2 heteroatoms. The van der Waals surface area contributed by atoms with Gasteiger partial charge in [-0.15, -0.1) is 0 Å². The second-order valence-corrected chi connectivity index (χ2v) is 4.02. The lowest BCUT2D eigenvalue weighted by Gasteiger charge is -2.41. The Bertz CT molecular complexity index is 225. The molecule has 0 aliphatic heterocycles. The Balaban J connectivity index is 5.19. The number of Topliss-reactive ketones (excluding diaryl/α,β-unsaturated/α-hetero) is 1. The molecule has 0 spiro atoms. The molecule has 0 aliphatic carbocycles. The fourth-order valence-electron chi connectivity index (χ4n) is 2.39.